The third-order valence-electron chi connectivity index (χ3n) is 4.65. The highest BCUT2D eigenvalue weighted by molar-refractivity contribution is 5.99. The molecule has 20 heavy (non-hydrogen) atoms. The number of aryl methyl sites for hydroxylation is 1. The first-order chi connectivity index (χ1) is 9.49. The molecule has 1 fully saturated rings. The van der Waals surface area contributed by atoms with Gasteiger partial charge in [0.25, 0.3) is 5.91 Å². The number of anilines is 1. The minimum absolute atomic E-state index is 0.0972. The van der Waals surface area contributed by atoms with E-state index in [0.717, 1.165) is 37.3 Å². The summed E-state index contributed by atoms with van der Waals surface area (Å²) in [4.78, 5) is 18.9. The van der Waals surface area contributed by atoms with Crippen LogP contribution in [-0.2, 0) is 0 Å². The molecule has 1 saturated heterocycles. The zero-order valence-electron chi connectivity index (χ0n) is 13.0. The molecule has 4 nitrogen and oxygen atoms in total. The number of likely N-dealkylation sites (tertiary alicyclic amines) is 1. The van der Waals surface area contributed by atoms with Gasteiger partial charge in [-0.15, -0.1) is 0 Å². The molecule has 1 aliphatic rings. The van der Waals surface area contributed by atoms with Crippen molar-refractivity contribution in [2.24, 2.45) is 5.41 Å². The molecule has 1 aromatic rings. The molecule has 0 saturated carbocycles. The van der Waals surface area contributed by atoms with Gasteiger partial charge in [-0.25, -0.2) is 0 Å². The van der Waals surface area contributed by atoms with E-state index in [1.807, 2.05) is 24.9 Å². The zero-order chi connectivity index (χ0) is 14.8. The van der Waals surface area contributed by atoms with Crippen molar-refractivity contribution >= 4 is 11.6 Å². The summed E-state index contributed by atoms with van der Waals surface area (Å²) in [7, 11) is 1.84. The molecule has 2 heterocycles. The Labute approximate surface area is 121 Å². The molecule has 110 valence electrons. The van der Waals surface area contributed by atoms with Crippen molar-refractivity contribution in [2.45, 2.75) is 40.0 Å². The van der Waals surface area contributed by atoms with E-state index in [0.29, 0.717) is 11.0 Å². The zero-order valence-corrected chi connectivity index (χ0v) is 13.0. The molecule has 1 aromatic heterocycles. The van der Waals surface area contributed by atoms with Crippen LogP contribution in [0.2, 0.25) is 0 Å². The Morgan fingerprint density at radius 3 is 2.65 bits per heavy atom. The van der Waals surface area contributed by atoms with Crippen LogP contribution in [-0.4, -0.2) is 35.9 Å². The van der Waals surface area contributed by atoms with E-state index < -0.39 is 0 Å². The Morgan fingerprint density at radius 2 is 2.10 bits per heavy atom. The van der Waals surface area contributed by atoms with Gasteiger partial charge in [-0.05, 0) is 31.2 Å². The van der Waals surface area contributed by atoms with E-state index in [1.54, 1.807) is 6.20 Å². The van der Waals surface area contributed by atoms with Gasteiger partial charge in [0.15, 0.2) is 0 Å². The monoisotopic (exact) mass is 275 g/mol. The van der Waals surface area contributed by atoms with Crippen LogP contribution in [0, 0.1) is 12.3 Å². The first-order valence-electron chi connectivity index (χ1n) is 7.43. The molecule has 0 spiro atoms. The lowest BCUT2D eigenvalue weighted by Gasteiger charge is -2.39. The fraction of sp³-hybridized carbons (Fsp3) is 0.625. The fourth-order valence-electron chi connectivity index (χ4n) is 2.71. The lowest BCUT2D eigenvalue weighted by Crippen LogP contribution is -2.42. The lowest BCUT2D eigenvalue weighted by molar-refractivity contribution is 0.0601. The number of rotatable bonds is 3. The van der Waals surface area contributed by atoms with Crippen LogP contribution in [0.3, 0.4) is 0 Å². The van der Waals surface area contributed by atoms with E-state index >= 15 is 0 Å². The van der Waals surface area contributed by atoms with Crippen molar-refractivity contribution < 1.29 is 4.79 Å². The van der Waals surface area contributed by atoms with Gasteiger partial charge >= 0.3 is 0 Å². The van der Waals surface area contributed by atoms with Gasteiger partial charge < -0.3 is 10.2 Å². The Kier molecular flexibility index (Phi) is 4.31. The molecule has 0 atom stereocenters. The van der Waals surface area contributed by atoms with Gasteiger partial charge in [-0.1, -0.05) is 20.3 Å². The minimum atomic E-state index is 0.0972. The molecular formula is C16H25N3O. The first-order valence-corrected chi connectivity index (χ1v) is 7.43. The van der Waals surface area contributed by atoms with Gasteiger partial charge in [0, 0.05) is 32.0 Å². The normalized spacial score (nSPS) is 17.9. The van der Waals surface area contributed by atoms with Crippen molar-refractivity contribution in [2.75, 3.05) is 25.5 Å². The standard InChI is InChI=1S/C16H25N3O/c1-5-16(3)6-8-19(9-7-16)15(20)13-11-18-12(2)10-14(13)17-4/h10-11H,5-9H2,1-4H3,(H,17,18). The summed E-state index contributed by atoms with van der Waals surface area (Å²) in [6.07, 6.45) is 5.05. The van der Waals surface area contributed by atoms with Crippen LogP contribution in [0.5, 0.6) is 0 Å². The summed E-state index contributed by atoms with van der Waals surface area (Å²) in [6.45, 7) is 8.19. The second-order valence-electron chi connectivity index (χ2n) is 6.08. The first kappa shape index (κ1) is 14.8. The van der Waals surface area contributed by atoms with Crippen molar-refractivity contribution in [1.82, 2.24) is 9.88 Å². The van der Waals surface area contributed by atoms with E-state index in [1.165, 1.54) is 6.42 Å². The van der Waals surface area contributed by atoms with Gasteiger partial charge in [0.05, 0.1) is 11.3 Å². The molecule has 1 N–H and O–H groups in total. The summed E-state index contributed by atoms with van der Waals surface area (Å²) in [6, 6.07) is 1.92. The van der Waals surface area contributed by atoms with Gasteiger partial charge in [-0.2, -0.15) is 0 Å². The highest BCUT2D eigenvalue weighted by Crippen LogP contribution is 2.34. The average Bonchev–Trinajstić information content (AvgIpc) is 2.47. The number of nitrogens with one attached hydrogen (secondary N) is 1. The van der Waals surface area contributed by atoms with Crippen molar-refractivity contribution in [1.29, 1.82) is 0 Å². The van der Waals surface area contributed by atoms with Crippen LogP contribution >= 0.6 is 0 Å². The summed E-state index contributed by atoms with van der Waals surface area (Å²) in [5, 5.41) is 3.10. The van der Waals surface area contributed by atoms with Crippen molar-refractivity contribution in [3.05, 3.63) is 23.5 Å². The quantitative estimate of drug-likeness (QED) is 0.922. The highest BCUT2D eigenvalue weighted by atomic mass is 16.2. The van der Waals surface area contributed by atoms with Gasteiger partial charge in [0.1, 0.15) is 0 Å². The topological polar surface area (TPSA) is 45.2 Å². The van der Waals surface area contributed by atoms with Crippen LogP contribution < -0.4 is 5.32 Å². The van der Waals surface area contributed by atoms with E-state index in [2.05, 4.69) is 24.1 Å². The number of pyridine rings is 1. The smallest absolute Gasteiger partial charge is 0.257 e. The van der Waals surface area contributed by atoms with Gasteiger partial charge in [0.2, 0.25) is 0 Å². The molecule has 0 aliphatic carbocycles. The van der Waals surface area contributed by atoms with Crippen LogP contribution in [0.15, 0.2) is 12.3 Å². The number of carbonyl (C=O) groups is 1. The number of amides is 1. The number of carbonyl (C=O) groups excluding carboxylic acids is 1. The molecule has 0 unspecified atom stereocenters. The largest absolute Gasteiger partial charge is 0.387 e. The molecule has 1 amide bonds. The molecule has 2 rings (SSSR count). The predicted octanol–water partition coefficient (Wildman–Crippen LogP) is 3.08. The lowest BCUT2D eigenvalue weighted by atomic mass is 9.78. The molecular weight excluding hydrogens is 250 g/mol. The highest BCUT2D eigenvalue weighted by Gasteiger charge is 2.31. The third kappa shape index (κ3) is 2.94. The average molecular weight is 275 g/mol. The predicted molar refractivity (Wildman–Crippen MR) is 82.1 cm³/mol. The fourth-order valence-corrected chi connectivity index (χ4v) is 2.71. The molecule has 4 heteroatoms. The Balaban J connectivity index is 2.13. The molecule has 0 aromatic carbocycles. The second kappa shape index (κ2) is 5.81. The maximum Gasteiger partial charge on any atom is 0.257 e. The van der Waals surface area contributed by atoms with Crippen LogP contribution in [0.1, 0.15) is 49.2 Å². The number of aromatic nitrogens is 1. The molecule has 1 aliphatic heterocycles. The van der Waals surface area contributed by atoms with Crippen molar-refractivity contribution in [3.63, 3.8) is 0 Å². The Hall–Kier alpha value is -1.58. The molecule has 0 bridgehead atoms. The maximum atomic E-state index is 12.6. The number of hydrogen-bond donors (Lipinski definition) is 1. The summed E-state index contributed by atoms with van der Waals surface area (Å²) in [5.74, 6) is 0.0972. The van der Waals surface area contributed by atoms with Gasteiger partial charge in [-0.3, -0.25) is 9.78 Å². The minimum Gasteiger partial charge on any atom is -0.387 e. The van der Waals surface area contributed by atoms with Crippen LogP contribution in [0.4, 0.5) is 5.69 Å². The number of nitrogens with zero attached hydrogens (tertiary/aromatic N) is 2. The summed E-state index contributed by atoms with van der Waals surface area (Å²) in [5.41, 5.74) is 2.86. The van der Waals surface area contributed by atoms with Crippen molar-refractivity contribution in [3.8, 4) is 0 Å². The third-order valence-corrected chi connectivity index (χ3v) is 4.65. The maximum absolute atomic E-state index is 12.6. The number of piperidine rings is 1. The number of hydrogen-bond acceptors (Lipinski definition) is 3. The second-order valence-corrected chi connectivity index (χ2v) is 6.08. The van der Waals surface area contributed by atoms with E-state index in [9.17, 15) is 4.79 Å². The Morgan fingerprint density at radius 1 is 1.45 bits per heavy atom. The van der Waals surface area contributed by atoms with E-state index in [-0.39, 0.29) is 5.91 Å². The van der Waals surface area contributed by atoms with E-state index in [4.69, 9.17) is 0 Å². The molecule has 0 radical (unpaired) electrons. The van der Waals surface area contributed by atoms with Crippen LogP contribution in [0.25, 0.3) is 0 Å². The SMILES string of the molecule is CCC1(C)CCN(C(=O)c2cnc(C)cc2NC)CC1. The summed E-state index contributed by atoms with van der Waals surface area (Å²) < 4.78 is 0. The Bertz CT molecular complexity index is 490. The summed E-state index contributed by atoms with van der Waals surface area (Å²) >= 11 is 0.